The van der Waals surface area contributed by atoms with Gasteiger partial charge < -0.3 is 10.2 Å². The first-order chi connectivity index (χ1) is 17.2. The highest BCUT2D eigenvalue weighted by Crippen LogP contribution is 2.42. The molecule has 3 aromatic carbocycles. The van der Waals surface area contributed by atoms with E-state index in [0.717, 1.165) is 48.2 Å². The molecule has 4 rings (SSSR count). The number of piperidine rings is 1. The van der Waals surface area contributed by atoms with E-state index >= 15 is 0 Å². The van der Waals surface area contributed by atoms with Crippen molar-refractivity contribution in [2.45, 2.75) is 50.7 Å². The van der Waals surface area contributed by atoms with Gasteiger partial charge in [-0.1, -0.05) is 84.6 Å². The molecule has 0 saturated carbocycles. The Morgan fingerprint density at radius 2 is 1.36 bits per heavy atom. The van der Waals surface area contributed by atoms with E-state index in [-0.39, 0.29) is 12.0 Å². The number of likely N-dealkylation sites (tertiary alicyclic amines) is 1. The summed E-state index contributed by atoms with van der Waals surface area (Å²) in [5.41, 5.74) is 1.58. The first-order valence-electron chi connectivity index (χ1n) is 12.7. The molecule has 36 heavy (non-hydrogen) atoms. The van der Waals surface area contributed by atoms with E-state index in [2.05, 4.69) is 23.7 Å². The smallest absolute Gasteiger partial charge is 0.313 e. The zero-order valence-electron chi connectivity index (χ0n) is 21.3. The van der Waals surface area contributed by atoms with Gasteiger partial charge in [0.15, 0.2) is 0 Å². The second-order valence-electron chi connectivity index (χ2n) is 10.3. The van der Waals surface area contributed by atoms with E-state index < -0.39 is 17.0 Å². The van der Waals surface area contributed by atoms with Crippen molar-refractivity contribution in [1.82, 2.24) is 4.90 Å². The van der Waals surface area contributed by atoms with Crippen molar-refractivity contribution in [3.05, 3.63) is 107 Å². The summed E-state index contributed by atoms with van der Waals surface area (Å²) in [6, 6.07) is 27.6. The van der Waals surface area contributed by atoms with Crippen LogP contribution in [0.2, 0.25) is 0 Å². The molecule has 0 aromatic heterocycles. The molecule has 0 amide bonds. The number of hydrogen-bond acceptors (Lipinski definition) is 3. The highest BCUT2D eigenvalue weighted by atomic mass is 16.4. The van der Waals surface area contributed by atoms with Crippen LogP contribution in [0.25, 0.3) is 0 Å². The maximum absolute atomic E-state index is 12.1. The average Bonchev–Trinajstić information content (AvgIpc) is 2.92. The fraction of sp³-hybridized carbons (Fsp3) is 0.344. The minimum Gasteiger partial charge on any atom is -0.481 e. The number of rotatable bonds is 6. The fourth-order valence-electron chi connectivity index (χ4n) is 5.10. The minimum atomic E-state index is -1.02. The maximum atomic E-state index is 12.1. The minimum absolute atomic E-state index is 0.0858. The number of carboxylic acid groups (broad SMARTS) is 1. The second kappa shape index (κ2) is 10.7. The molecule has 186 valence electrons. The van der Waals surface area contributed by atoms with Crippen LogP contribution in [-0.4, -0.2) is 40.2 Å². The molecule has 1 aliphatic rings. The van der Waals surface area contributed by atoms with Crippen molar-refractivity contribution in [2.75, 3.05) is 13.1 Å². The van der Waals surface area contributed by atoms with Crippen molar-refractivity contribution < 1.29 is 15.0 Å². The Balaban J connectivity index is 1.44. The van der Waals surface area contributed by atoms with Gasteiger partial charge in [-0.15, -0.1) is 0 Å². The zero-order valence-corrected chi connectivity index (χ0v) is 21.3. The third kappa shape index (κ3) is 5.23. The highest BCUT2D eigenvalue weighted by Gasteiger charge is 2.41. The number of carbonyl (C=O) groups is 1. The van der Waals surface area contributed by atoms with Crippen LogP contribution in [0.15, 0.2) is 84.9 Å². The van der Waals surface area contributed by atoms with Crippen LogP contribution >= 0.6 is 0 Å². The standard InChI is InChI=1S/C32H35NO3/c1-24(14-15-25-16-18-26(19-17-25)31(2,3)30(34)35)33-22-20-29(21-23-33)32(36,27-10-6-4-7-11-27)28-12-8-5-9-13-28/h4-13,16-19,24,29,36H,20-23H2,1-3H3,(H,34,35). The summed E-state index contributed by atoms with van der Waals surface area (Å²) in [6.45, 7) is 7.27. The number of nitrogens with zero attached hydrogens (tertiary/aromatic N) is 1. The lowest BCUT2D eigenvalue weighted by molar-refractivity contribution is -0.142. The number of hydrogen-bond donors (Lipinski definition) is 2. The quantitative estimate of drug-likeness (QED) is 0.461. The molecule has 1 saturated heterocycles. The number of carboxylic acids is 1. The molecule has 0 bridgehead atoms. The Hall–Kier alpha value is -3.39. The summed E-state index contributed by atoms with van der Waals surface area (Å²) in [7, 11) is 0. The molecule has 3 aromatic rings. The van der Waals surface area contributed by atoms with Gasteiger partial charge in [0.25, 0.3) is 0 Å². The monoisotopic (exact) mass is 481 g/mol. The lowest BCUT2D eigenvalue weighted by Crippen LogP contribution is -2.46. The van der Waals surface area contributed by atoms with Crippen molar-refractivity contribution in [1.29, 1.82) is 0 Å². The normalized spacial score (nSPS) is 16.1. The highest BCUT2D eigenvalue weighted by molar-refractivity contribution is 5.80. The Labute approximate surface area is 214 Å². The van der Waals surface area contributed by atoms with Gasteiger partial charge in [-0.05, 0) is 81.4 Å². The first kappa shape index (κ1) is 25.7. The lowest BCUT2D eigenvalue weighted by Gasteiger charge is -2.43. The largest absolute Gasteiger partial charge is 0.481 e. The molecule has 1 atom stereocenters. The van der Waals surface area contributed by atoms with Gasteiger partial charge in [0.2, 0.25) is 0 Å². The van der Waals surface area contributed by atoms with E-state index in [1.54, 1.807) is 13.8 Å². The van der Waals surface area contributed by atoms with E-state index in [1.807, 2.05) is 84.9 Å². The van der Waals surface area contributed by atoms with Gasteiger partial charge >= 0.3 is 5.97 Å². The number of benzene rings is 3. The van der Waals surface area contributed by atoms with E-state index in [4.69, 9.17) is 0 Å². The summed E-state index contributed by atoms with van der Waals surface area (Å²) in [4.78, 5) is 13.9. The second-order valence-corrected chi connectivity index (χ2v) is 10.3. The Bertz CT molecular complexity index is 1180. The topological polar surface area (TPSA) is 60.8 Å². The van der Waals surface area contributed by atoms with Gasteiger partial charge in [-0.2, -0.15) is 0 Å². The molecular formula is C32H35NO3. The van der Waals surface area contributed by atoms with Gasteiger partial charge in [-0.25, -0.2) is 0 Å². The summed E-state index contributed by atoms with van der Waals surface area (Å²) >= 11 is 0. The molecule has 1 aliphatic heterocycles. The summed E-state index contributed by atoms with van der Waals surface area (Å²) < 4.78 is 0. The van der Waals surface area contributed by atoms with Crippen LogP contribution in [0.4, 0.5) is 0 Å². The molecular weight excluding hydrogens is 446 g/mol. The number of aliphatic carboxylic acids is 1. The maximum Gasteiger partial charge on any atom is 0.313 e. The first-order valence-corrected chi connectivity index (χ1v) is 12.7. The average molecular weight is 482 g/mol. The van der Waals surface area contributed by atoms with Crippen LogP contribution in [-0.2, 0) is 15.8 Å². The van der Waals surface area contributed by atoms with Crippen LogP contribution < -0.4 is 0 Å². The Kier molecular flexibility index (Phi) is 7.64. The Morgan fingerprint density at radius 1 is 0.861 bits per heavy atom. The third-order valence-electron chi connectivity index (χ3n) is 7.66. The predicted octanol–water partition coefficient (Wildman–Crippen LogP) is 5.44. The van der Waals surface area contributed by atoms with Crippen LogP contribution in [0, 0.1) is 17.8 Å². The molecule has 0 spiro atoms. The van der Waals surface area contributed by atoms with Gasteiger partial charge in [0, 0.05) is 5.56 Å². The molecule has 4 heteroatoms. The van der Waals surface area contributed by atoms with Crippen LogP contribution in [0.1, 0.15) is 55.9 Å². The number of aliphatic hydroxyl groups is 1. The molecule has 4 nitrogen and oxygen atoms in total. The lowest BCUT2D eigenvalue weighted by atomic mass is 9.72. The Morgan fingerprint density at radius 3 is 1.83 bits per heavy atom. The van der Waals surface area contributed by atoms with Crippen molar-refractivity contribution in [3.63, 3.8) is 0 Å². The zero-order chi connectivity index (χ0) is 25.8. The fourth-order valence-corrected chi connectivity index (χ4v) is 5.10. The van der Waals surface area contributed by atoms with Gasteiger partial charge in [-0.3, -0.25) is 9.69 Å². The third-order valence-corrected chi connectivity index (χ3v) is 7.66. The van der Waals surface area contributed by atoms with Gasteiger partial charge in [0.1, 0.15) is 5.60 Å². The van der Waals surface area contributed by atoms with Crippen LogP contribution in [0.5, 0.6) is 0 Å². The summed E-state index contributed by atoms with van der Waals surface area (Å²) in [5.74, 6) is 5.89. The molecule has 0 aliphatic carbocycles. The van der Waals surface area contributed by atoms with Crippen molar-refractivity contribution >= 4 is 5.97 Å². The summed E-state index contributed by atoms with van der Waals surface area (Å²) in [5, 5.41) is 21.5. The molecule has 0 radical (unpaired) electrons. The van der Waals surface area contributed by atoms with E-state index in [1.165, 1.54) is 0 Å². The molecule has 1 fully saturated rings. The molecule has 1 unspecified atom stereocenters. The SMILES string of the molecule is CC(C#Cc1ccc(C(C)(C)C(=O)O)cc1)N1CCC(C(O)(c2ccccc2)c2ccccc2)CC1. The molecule has 2 N–H and O–H groups in total. The van der Waals surface area contributed by atoms with Crippen LogP contribution in [0.3, 0.4) is 0 Å². The molecule has 1 heterocycles. The van der Waals surface area contributed by atoms with E-state index in [9.17, 15) is 15.0 Å². The van der Waals surface area contributed by atoms with Crippen molar-refractivity contribution in [3.8, 4) is 11.8 Å². The summed E-state index contributed by atoms with van der Waals surface area (Å²) in [6.07, 6.45) is 1.76. The predicted molar refractivity (Wildman–Crippen MR) is 144 cm³/mol. The van der Waals surface area contributed by atoms with Gasteiger partial charge in [0.05, 0.1) is 11.5 Å². The van der Waals surface area contributed by atoms with Crippen molar-refractivity contribution in [2.24, 2.45) is 5.92 Å². The van der Waals surface area contributed by atoms with E-state index in [0.29, 0.717) is 0 Å².